The number of carbonyl (C=O) groups excluding carboxylic acids is 2. The van der Waals surface area contributed by atoms with Crippen LogP contribution in [-0.2, 0) is 0 Å². The number of carbonyl (C=O) groups is 2. The number of rotatable bonds is 3. The second-order valence-electron chi connectivity index (χ2n) is 6.25. The lowest BCUT2D eigenvalue weighted by Gasteiger charge is -2.33. The summed E-state index contributed by atoms with van der Waals surface area (Å²) in [5.41, 5.74) is 0.994. The third-order valence-corrected chi connectivity index (χ3v) is 5.74. The minimum Gasteiger partial charge on any atom is -0.333 e. The Morgan fingerprint density at radius 2 is 2.11 bits per heavy atom. The summed E-state index contributed by atoms with van der Waals surface area (Å²) in [7, 11) is 0. The van der Waals surface area contributed by atoms with Crippen molar-refractivity contribution in [3.8, 4) is 0 Å². The van der Waals surface area contributed by atoms with Gasteiger partial charge in [0.05, 0.1) is 20.5 Å². The molecular weight excluding hydrogens is 412 g/mol. The monoisotopic (exact) mass is 431 g/mol. The molecule has 0 bridgehead atoms. The number of anilines is 1. The zero-order valence-corrected chi connectivity index (χ0v) is 17.2. The molecule has 3 rings (SSSR count). The van der Waals surface area contributed by atoms with Crippen molar-refractivity contribution >= 4 is 52.2 Å². The summed E-state index contributed by atoms with van der Waals surface area (Å²) in [5, 5.41) is 6.59. The van der Waals surface area contributed by atoms with Crippen LogP contribution in [0.1, 0.15) is 32.5 Å². The Labute approximate surface area is 172 Å². The molecule has 2 aromatic rings. The number of amides is 2. The van der Waals surface area contributed by atoms with Crippen LogP contribution in [0.2, 0.25) is 5.02 Å². The van der Waals surface area contributed by atoms with Crippen molar-refractivity contribution in [2.45, 2.75) is 19.9 Å². The minimum absolute atomic E-state index is 0. The normalized spacial score (nSPS) is 16.6. The van der Waals surface area contributed by atoms with E-state index in [9.17, 15) is 14.0 Å². The van der Waals surface area contributed by atoms with E-state index < -0.39 is 11.7 Å². The van der Waals surface area contributed by atoms with Crippen LogP contribution in [0.25, 0.3) is 0 Å². The lowest BCUT2D eigenvalue weighted by atomic mass is 10.2. The number of hydrogen-bond donors (Lipinski definition) is 2. The molecule has 1 aliphatic heterocycles. The van der Waals surface area contributed by atoms with Gasteiger partial charge in [0.1, 0.15) is 5.82 Å². The minimum atomic E-state index is -0.503. The molecule has 27 heavy (non-hydrogen) atoms. The number of nitrogens with zero attached hydrogens (tertiary/aromatic N) is 1. The molecule has 0 aliphatic carbocycles. The maximum absolute atomic E-state index is 13.1. The molecule has 1 atom stereocenters. The lowest BCUT2D eigenvalue weighted by molar-refractivity contribution is 0.0660. The SMILES string of the molecule is Cc1cc(NC(=O)c2ccc(F)cc2Cl)sc1C(=O)N1CCNC[C@@H]1C.Cl. The Kier molecular flexibility index (Phi) is 7.22. The van der Waals surface area contributed by atoms with E-state index in [4.69, 9.17) is 11.6 Å². The molecule has 1 fully saturated rings. The number of nitrogens with one attached hydrogen (secondary N) is 2. The molecule has 2 N–H and O–H groups in total. The molecule has 2 amide bonds. The fraction of sp³-hybridized carbons (Fsp3) is 0.333. The Bertz CT molecular complexity index is 859. The van der Waals surface area contributed by atoms with Crippen LogP contribution >= 0.6 is 35.3 Å². The summed E-state index contributed by atoms with van der Waals surface area (Å²) < 4.78 is 13.1. The summed E-state index contributed by atoms with van der Waals surface area (Å²) in [4.78, 5) is 27.7. The van der Waals surface area contributed by atoms with Gasteiger partial charge in [-0.15, -0.1) is 23.7 Å². The molecule has 0 spiro atoms. The molecular formula is C18H20Cl2FN3O2S. The summed E-state index contributed by atoms with van der Waals surface area (Å²) in [6.07, 6.45) is 0. The summed E-state index contributed by atoms with van der Waals surface area (Å²) in [5.74, 6) is -0.968. The Hall–Kier alpha value is -1.67. The lowest BCUT2D eigenvalue weighted by Crippen LogP contribution is -2.52. The van der Waals surface area contributed by atoms with Crippen molar-refractivity contribution in [1.82, 2.24) is 10.2 Å². The number of aryl methyl sites for hydroxylation is 1. The van der Waals surface area contributed by atoms with E-state index in [0.29, 0.717) is 16.4 Å². The maximum atomic E-state index is 13.1. The van der Waals surface area contributed by atoms with Gasteiger partial charge in [0, 0.05) is 25.7 Å². The van der Waals surface area contributed by atoms with Gasteiger partial charge in [-0.25, -0.2) is 4.39 Å². The summed E-state index contributed by atoms with van der Waals surface area (Å²) >= 11 is 7.17. The largest absolute Gasteiger partial charge is 0.333 e. The number of halogens is 3. The maximum Gasteiger partial charge on any atom is 0.264 e. The molecule has 0 unspecified atom stereocenters. The van der Waals surface area contributed by atoms with E-state index >= 15 is 0 Å². The van der Waals surface area contributed by atoms with Crippen LogP contribution < -0.4 is 10.6 Å². The summed E-state index contributed by atoms with van der Waals surface area (Å²) in [6, 6.07) is 5.49. The van der Waals surface area contributed by atoms with Gasteiger partial charge in [0.2, 0.25) is 0 Å². The average molecular weight is 432 g/mol. The first-order valence-corrected chi connectivity index (χ1v) is 9.45. The molecule has 1 aromatic carbocycles. The smallest absolute Gasteiger partial charge is 0.264 e. The van der Waals surface area contributed by atoms with Crippen LogP contribution in [-0.4, -0.2) is 42.4 Å². The van der Waals surface area contributed by atoms with Gasteiger partial charge < -0.3 is 15.5 Å². The van der Waals surface area contributed by atoms with Crippen molar-refractivity contribution in [2.75, 3.05) is 25.0 Å². The van der Waals surface area contributed by atoms with Gasteiger partial charge in [-0.1, -0.05) is 11.6 Å². The van der Waals surface area contributed by atoms with Crippen LogP contribution in [0.4, 0.5) is 9.39 Å². The molecule has 2 heterocycles. The topological polar surface area (TPSA) is 61.4 Å². The highest BCUT2D eigenvalue weighted by molar-refractivity contribution is 7.18. The molecule has 1 aliphatic rings. The molecule has 9 heteroatoms. The van der Waals surface area contributed by atoms with E-state index in [1.807, 2.05) is 18.7 Å². The Morgan fingerprint density at radius 3 is 2.78 bits per heavy atom. The highest BCUT2D eigenvalue weighted by atomic mass is 35.5. The van der Waals surface area contributed by atoms with Crippen molar-refractivity contribution in [3.63, 3.8) is 0 Å². The second kappa shape index (κ2) is 9.01. The summed E-state index contributed by atoms with van der Waals surface area (Å²) in [6.45, 7) is 6.05. The predicted molar refractivity (Wildman–Crippen MR) is 109 cm³/mol. The van der Waals surface area contributed by atoms with Crippen LogP contribution in [0, 0.1) is 12.7 Å². The number of thiophene rings is 1. The third-order valence-electron chi connectivity index (χ3n) is 4.29. The first-order valence-electron chi connectivity index (χ1n) is 8.25. The van der Waals surface area contributed by atoms with Gasteiger partial charge in [0.15, 0.2) is 0 Å². The zero-order valence-electron chi connectivity index (χ0n) is 14.8. The zero-order chi connectivity index (χ0) is 18.8. The van der Waals surface area contributed by atoms with E-state index in [2.05, 4.69) is 10.6 Å². The fourth-order valence-electron chi connectivity index (χ4n) is 2.88. The highest BCUT2D eigenvalue weighted by Gasteiger charge is 2.27. The van der Waals surface area contributed by atoms with Crippen molar-refractivity contribution in [1.29, 1.82) is 0 Å². The van der Waals surface area contributed by atoms with Crippen LogP contribution in [0.5, 0.6) is 0 Å². The molecule has 1 saturated heterocycles. The third kappa shape index (κ3) is 4.79. The molecule has 1 aromatic heterocycles. The van der Waals surface area contributed by atoms with Crippen LogP contribution in [0.15, 0.2) is 24.3 Å². The number of benzene rings is 1. The van der Waals surface area contributed by atoms with Gasteiger partial charge in [-0.3, -0.25) is 9.59 Å². The Morgan fingerprint density at radius 1 is 1.37 bits per heavy atom. The highest BCUT2D eigenvalue weighted by Crippen LogP contribution is 2.29. The first-order chi connectivity index (χ1) is 12.4. The van der Waals surface area contributed by atoms with E-state index in [1.165, 1.54) is 23.5 Å². The molecule has 0 saturated carbocycles. The van der Waals surface area contributed by atoms with Crippen molar-refractivity contribution in [2.24, 2.45) is 0 Å². The van der Waals surface area contributed by atoms with Gasteiger partial charge in [-0.2, -0.15) is 0 Å². The van der Waals surface area contributed by atoms with Crippen molar-refractivity contribution < 1.29 is 14.0 Å². The van der Waals surface area contributed by atoms with Gasteiger partial charge in [0.25, 0.3) is 11.8 Å². The van der Waals surface area contributed by atoms with E-state index in [1.54, 1.807) is 6.07 Å². The number of piperazine rings is 1. The molecule has 0 radical (unpaired) electrons. The van der Waals surface area contributed by atoms with Crippen molar-refractivity contribution in [3.05, 3.63) is 51.1 Å². The predicted octanol–water partition coefficient (Wildman–Crippen LogP) is 3.96. The molecule has 5 nitrogen and oxygen atoms in total. The van der Waals surface area contributed by atoms with E-state index in [0.717, 1.165) is 24.7 Å². The first kappa shape index (κ1) is 21.6. The molecule has 146 valence electrons. The Balaban J connectivity index is 0.00000261. The second-order valence-corrected chi connectivity index (χ2v) is 7.71. The van der Waals surface area contributed by atoms with E-state index in [-0.39, 0.29) is 34.9 Å². The fourth-order valence-corrected chi connectivity index (χ4v) is 4.16. The number of hydrogen-bond acceptors (Lipinski definition) is 4. The standard InChI is InChI=1S/C18H19ClFN3O2S.ClH/c1-10-7-15(22-17(24)13-4-3-12(20)8-14(13)19)26-16(10)18(25)23-6-5-21-9-11(23)2;/h3-4,7-8,11,21H,5-6,9H2,1-2H3,(H,22,24);1H/t11-;/m0./s1. The van der Waals surface area contributed by atoms with Gasteiger partial charge in [-0.05, 0) is 43.7 Å². The van der Waals surface area contributed by atoms with Crippen LogP contribution in [0.3, 0.4) is 0 Å². The van der Waals surface area contributed by atoms with Gasteiger partial charge >= 0.3 is 0 Å². The average Bonchev–Trinajstić information content (AvgIpc) is 2.94. The quantitative estimate of drug-likeness (QED) is 0.772.